The second-order valence-corrected chi connectivity index (χ2v) is 5.12. The summed E-state index contributed by atoms with van der Waals surface area (Å²) in [5.74, 6) is -4.54. The van der Waals surface area contributed by atoms with Crippen molar-refractivity contribution in [2.75, 3.05) is 0 Å². The average molecular weight is 342 g/mol. The molecule has 0 heterocycles. The van der Waals surface area contributed by atoms with Crippen molar-refractivity contribution in [2.24, 2.45) is 22.9 Å². The van der Waals surface area contributed by atoms with Crippen molar-refractivity contribution in [1.29, 1.82) is 10.8 Å². The van der Waals surface area contributed by atoms with Crippen molar-refractivity contribution in [1.82, 2.24) is 0 Å². The molecule has 2 rings (SSSR count). The van der Waals surface area contributed by atoms with Gasteiger partial charge in [-0.2, -0.15) is 0 Å². The largest absolute Gasteiger partial charge is 0.478 e. The lowest BCUT2D eigenvalue weighted by Crippen LogP contribution is -2.24. The van der Waals surface area contributed by atoms with Crippen LogP contribution in [0, 0.1) is 10.8 Å². The van der Waals surface area contributed by atoms with Gasteiger partial charge in [0.25, 0.3) is 0 Å². The molecule has 2 aromatic carbocycles. The number of amides is 2. The smallest absolute Gasteiger partial charge is 0.336 e. The highest BCUT2D eigenvalue weighted by Crippen LogP contribution is 2.32. The third-order valence-electron chi connectivity index (χ3n) is 3.60. The molecule has 0 aromatic heterocycles. The number of primary amides is 2. The maximum Gasteiger partial charge on any atom is 0.336 e. The van der Waals surface area contributed by atoms with E-state index in [-0.39, 0.29) is 33.0 Å². The van der Waals surface area contributed by atoms with E-state index in [1.807, 2.05) is 0 Å². The van der Waals surface area contributed by atoms with Gasteiger partial charge in [0.15, 0.2) is 0 Å². The minimum absolute atomic E-state index is 0.0634. The summed E-state index contributed by atoms with van der Waals surface area (Å²) in [6, 6.07) is 3.38. The Kier molecular flexibility index (Phi) is 4.12. The van der Waals surface area contributed by atoms with E-state index in [0.29, 0.717) is 0 Å². The first-order valence-corrected chi connectivity index (χ1v) is 6.73. The first kappa shape index (κ1) is 17.4. The molecule has 11 N–H and O–H groups in total. The van der Waals surface area contributed by atoms with Crippen LogP contribution < -0.4 is 22.9 Å². The molecule has 0 aliphatic rings. The molecule has 0 unspecified atom stereocenters. The van der Waals surface area contributed by atoms with Crippen molar-refractivity contribution in [3.8, 4) is 0 Å². The Morgan fingerprint density at radius 3 is 1.60 bits per heavy atom. The van der Waals surface area contributed by atoms with Crippen molar-refractivity contribution >= 4 is 40.2 Å². The van der Waals surface area contributed by atoms with Gasteiger partial charge < -0.3 is 28.0 Å². The number of hydrogen-bond donors (Lipinski definition) is 7. The van der Waals surface area contributed by atoms with Crippen molar-refractivity contribution in [3.05, 3.63) is 46.0 Å². The van der Waals surface area contributed by atoms with Crippen LogP contribution in [0.1, 0.15) is 42.2 Å². The van der Waals surface area contributed by atoms with Crippen molar-refractivity contribution in [3.63, 3.8) is 0 Å². The third-order valence-corrected chi connectivity index (χ3v) is 3.60. The van der Waals surface area contributed by atoms with Crippen LogP contribution >= 0.6 is 0 Å². The summed E-state index contributed by atoms with van der Waals surface area (Å²) in [5, 5.41) is 24.6. The summed E-state index contributed by atoms with van der Waals surface area (Å²) in [6.07, 6.45) is 0. The summed E-state index contributed by atoms with van der Waals surface area (Å²) in [5.41, 5.74) is 20.4. The molecular weight excluding hydrogens is 328 g/mol. The molecule has 0 saturated heterocycles. The topological polar surface area (TPSA) is 223 Å². The lowest BCUT2D eigenvalue weighted by Gasteiger charge is -2.17. The number of rotatable bonds is 5. The van der Waals surface area contributed by atoms with Gasteiger partial charge in [-0.15, -0.1) is 0 Å². The zero-order valence-electron chi connectivity index (χ0n) is 12.7. The van der Waals surface area contributed by atoms with Crippen LogP contribution in [0.5, 0.6) is 0 Å². The Hall–Kier alpha value is -3.95. The van der Waals surface area contributed by atoms with E-state index < -0.39 is 35.0 Å². The van der Waals surface area contributed by atoms with Gasteiger partial charge in [0.2, 0.25) is 11.8 Å². The Morgan fingerprint density at radius 2 is 1.24 bits per heavy atom. The highest BCUT2D eigenvalue weighted by Gasteiger charge is 2.26. The summed E-state index contributed by atoms with van der Waals surface area (Å²) in [7, 11) is 0. The SMILES string of the molecule is N=C(N)c1cc(C(=O)O)c(C(=N)N)c2c(C(N)=O)ccc(C(N)=O)c12. The van der Waals surface area contributed by atoms with Crippen molar-refractivity contribution < 1.29 is 19.5 Å². The molecule has 0 aliphatic heterocycles. The molecule has 0 radical (unpaired) electrons. The quantitative estimate of drug-likeness (QED) is 0.274. The van der Waals surface area contributed by atoms with Crippen LogP contribution in [-0.4, -0.2) is 34.6 Å². The third kappa shape index (κ3) is 2.72. The fraction of sp³-hybridized carbons (Fsp3) is 0. The van der Waals surface area contributed by atoms with Crippen LogP contribution in [0.25, 0.3) is 10.8 Å². The van der Waals surface area contributed by atoms with E-state index in [1.54, 1.807) is 0 Å². The zero-order valence-corrected chi connectivity index (χ0v) is 12.7. The number of fused-ring (bicyclic) bond motifs is 1. The van der Waals surface area contributed by atoms with Crippen LogP contribution in [-0.2, 0) is 0 Å². The number of nitrogen functional groups attached to an aromatic ring is 2. The summed E-state index contributed by atoms with van der Waals surface area (Å²) in [6.45, 7) is 0. The normalized spacial score (nSPS) is 10.4. The molecular formula is C15H14N6O4. The van der Waals surface area contributed by atoms with E-state index in [9.17, 15) is 19.5 Å². The molecule has 0 fully saturated rings. The molecule has 25 heavy (non-hydrogen) atoms. The molecule has 2 aromatic rings. The van der Waals surface area contributed by atoms with Crippen LogP contribution in [0.2, 0.25) is 0 Å². The molecule has 0 aliphatic carbocycles. The highest BCUT2D eigenvalue weighted by molar-refractivity contribution is 6.27. The van der Waals surface area contributed by atoms with Gasteiger partial charge in [-0.3, -0.25) is 20.4 Å². The predicted molar refractivity (Wildman–Crippen MR) is 90.0 cm³/mol. The molecule has 0 bridgehead atoms. The number of amidine groups is 2. The van der Waals surface area contributed by atoms with E-state index in [2.05, 4.69) is 0 Å². The first-order chi connectivity index (χ1) is 11.6. The number of carboxylic acids is 1. The van der Waals surface area contributed by atoms with E-state index in [1.165, 1.54) is 12.1 Å². The Labute approximate surface area is 140 Å². The van der Waals surface area contributed by atoms with Crippen LogP contribution in [0.4, 0.5) is 0 Å². The van der Waals surface area contributed by atoms with Gasteiger partial charge in [0.1, 0.15) is 11.7 Å². The monoisotopic (exact) mass is 342 g/mol. The molecule has 10 heteroatoms. The van der Waals surface area contributed by atoms with E-state index in [4.69, 9.17) is 33.8 Å². The van der Waals surface area contributed by atoms with Gasteiger partial charge >= 0.3 is 5.97 Å². The Bertz CT molecular complexity index is 995. The van der Waals surface area contributed by atoms with Gasteiger partial charge in [-0.25, -0.2) is 4.79 Å². The zero-order chi connectivity index (χ0) is 19.0. The predicted octanol–water partition coefficient (Wildman–Crippen LogP) is -0.696. The second-order valence-electron chi connectivity index (χ2n) is 5.12. The Balaban J connectivity index is 3.33. The van der Waals surface area contributed by atoms with Gasteiger partial charge in [-0.05, 0) is 18.2 Å². The first-order valence-electron chi connectivity index (χ1n) is 6.73. The maximum absolute atomic E-state index is 11.8. The van der Waals surface area contributed by atoms with Crippen molar-refractivity contribution in [2.45, 2.75) is 0 Å². The van der Waals surface area contributed by atoms with Gasteiger partial charge in [0, 0.05) is 33.0 Å². The molecule has 2 amide bonds. The fourth-order valence-electron chi connectivity index (χ4n) is 2.64. The lowest BCUT2D eigenvalue weighted by molar-refractivity contribution is 0.0696. The average Bonchev–Trinajstić information content (AvgIpc) is 2.50. The molecule has 10 nitrogen and oxygen atoms in total. The number of nitrogens with one attached hydrogen (secondary N) is 2. The molecule has 128 valence electrons. The van der Waals surface area contributed by atoms with Crippen LogP contribution in [0.3, 0.4) is 0 Å². The number of aromatic carboxylic acids is 1. The molecule has 0 spiro atoms. The highest BCUT2D eigenvalue weighted by atomic mass is 16.4. The number of carboxylic acid groups (broad SMARTS) is 1. The summed E-state index contributed by atoms with van der Waals surface area (Å²) in [4.78, 5) is 35.1. The summed E-state index contributed by atoms with van der Waals surface area (Å²) >= 11 is 0. The number of nitrogens with two attached hydrogens (primary N) is 4. The van der Waals surface area contributed by atoms with Gasteiger partial charge in [0.05, 0.1) is 5.56 Å². The standard InChI is InChI=1S/C15H14N6O4/c16-11(17)6-3-7(15(24)25)10(12(18)19)9-5(14(21)23)2-1-4(8(6)9)13(20)22/h1-3H,(H3,16,17)(H3,18,19)(H2,20,22)(H2,21,23)(H,24,25). The minimum Gasteiger partial charge on any atom is -0.478 e. The number of benzene rings is 2. The van der Waals surface area contributed by atoms with Gasteiger partial charge in [-0.1, -0.05) is 0 Å². The number of carbonyl (C=O) groups excluding carboxylic acids is 2. The fourth-order valence-corrected chi connectivity index (χ4v) is 2.64. The van der Waals surface area contributed by atoms with E-state index in [0.717, 1.165) is 6.07 Å². The minimum atomic E-state index is -1.46. The number of carbonyl (C=O) groups is 3. The maximum atomic E-state index is 11.8. The second kappa shape index (κ2) is 5.92. The number of hydrogen-bond acceptors (Lipinski definition) is 5. The van der Waals surface area contributed by atoms with E-state index >= 15 is 0 Å². The van der Waals surface area contributed by atoms with Crippen LogP contribution in [0.15, 0.2) is 18.2 Å². The Morgan fingerprint density at radius 1 is 0.760 bits per heavy atom. The summed E-state index contributed by atoms with van der Waals surface area (Å²) < 4.78 is 0. The molecule has 0 saturated carbocycles. The lowest BCUT2D eigenvalue weighted by atomic mass is 9.87. The molecule has 0 atom stereocenters.